The van der Waals surface area contributed by atoms with Crippen molar-refractivity contribution >= 4 is 11.6 Å². The molecule has 1 aliphatic heterocycles. The van der Waals surface area contributed by atoms with Crippen molar-refractivity contribution in [1.29, 1.82) is 0 Å². The van der Waals surface area contributed by atoms with Gasteiger partial charge < -0.3 is 15.1 Å². The Kier molecular flexibility index (Phi) is 6.63. The molecule has 4 rings (SSSR count). The van der Waals surface area contributed by atoms with Crippen LogP contribution in [-0.2, 0) is 11.2 Å². The molecule has 2 aromatic carbocycles. The second-order valence-corrected chi connectivity index (χ2v) is 8.26. The highest BCUT2D eigenvalue weighted by atomic mass is 16.1. The Morgan fingerprint density at radius 3 is 2.26 bits per heavy atom. The number of carbonyl (C=O) groups excluding carboxylic acids is 1. The van der Waals surface area contributed by atoms with Gasteiger partial charge in [0.1, 0.15) is 0 Å². The maximum atomic E-state index is 12.5. The standard InChI is InChI=1S/C26H30N4O/c1-20(25-13-12-24(19-27-25)30-16-14-29(2)15-17-30)28-26(31)18-21-8-10-23(11-9-21)22-6-4-3-5-7-22/h3-13,19-20H,14-18H2,1-2H3,(H,28,31). The van der Waals surface area contributed by atoms with E-state index in [-0.39, 0.29) is 11.9 Å². The molecule has 5 nitrogen and oxygen atoms in total. The number of nitrogens with one attached hydrogen (secondary N) is 1. The second-order valence-electron chi connectivity index (χ2n) is 8.26. The average molecular weight is 415 g/mol. The van der Waals surface area contributed by atoms with Crippen LogP contribution in [0.15, 0.2) is 72.9 Å². The van der Waals surface area contributed by atoms with Crippen LogP contribution in [0.5, 0.6) is 0 Å². The zero-order valence-corrected chi connectivity index (χ0v) is 18.3. The molecule has 0 aliphatic carbocycles. The highest BCUT2D eigenvalue weighted by molar-refractivity contribution is 5.79. The van der Waals surface area contributed by atoms with Gasteiger partial charge in [0.05, 0.1) is 30.0 Å². The Morgan fingerprint density at radius 1 is 0.935 bits per heavy atom. The second kappa shape index (κ2) is 9.75. The summed E-state index contributed by atoms with van der Waals surface area (Å²) in [6, 6.07) is 22.4. The van der Waals surface area contributed by atoms with Crippen LogP contribution in [0, 0.1) is 0 Å². The lowest BCUT2D eigenvalue weighted by Gasteiger charge is -2.33. The molecule has 1 fully saturated rings. The number of piperazine rings is 1. The molecule has 1 saturated heterocycles. The van der Waals surface area contributed by atoms with Gasteiger partial charge in [0, 0.05) is 26.2 Å². The van der Waals surface area contributed by atoms with Gasteiger partial charge in [-0.05, 0) is 42.8 Å². The van der Waals surface area contributed by atoms with Crippen molar-refractivity contribution in [2.75, 3.05) is 38.1 Å². The number of amides is 1. The fourth-order valence-electron chi connectivity index (χ4n) is 3.90. The first-order valence-corrected chi connectivity index (χ1v) is 10.9. The molecule has 1 N–H and O–H groups in total. The lowest BCUT2D eigenvalue weighted by molar-refractivity contribution is -0.121. The van der Waals surface area contributed by atoms with Crippen LogP contribution in [0.1, 0.15) is 24.2 Å². The van der Waals surface area contributed by atoms with E-state index in [2.05, 4.69) is 57.5 Å². The molecule has 2 heterocycles. The quantitative estimate of drug-likeness (QED) is 0.664. The number of anilines is 1. The van der Waals surface area contributed by atoms with Gasteiger partial charge in [0.25, 0.3) is 0 Å². The predicted octanol–water partition coefficient (Wildman–Crippen LogP) is 3.92. The summed E-state index contributed by atoms with van der Waals surface area (Å²) in [6.45, 7) is 6.16. The molecule has 1 aliphatic rings. The summed E-state index contributed by atoms with van der Waals surface area (Å²) < 4.78 is 0. The first-order valence-electron chi connectivity index (χ1n) is 10.9. The summed E-state index contributed by atoms with van der Waals surface area (Å²) >= 11 is 0. The molecule has 5 heteroatoms. The number of rotatable bonds is 6. The van der Waals surface area contributed by atoms with E-state index in [1.807, 2.05) is 49.5 Å². The Bertz CT molecular complexity index is 978. The molecule has 0 spiro atoms. The van der Waals surface area contributed by atoms with Crippen LogP contribution >= 0.6 is 0 Å². The van der Waals surface area contributed by atoms with E-state index in [9.17, 15) is 4.79 Å². The summed E-state index contributed by atoms with van der Waals surface area (Å²) in [6.07, 6.45) is 2.28. The van der Waals surface area contributed by atoms with Gasteiger partial charge in [0.2, 0.25) is 5.91 Å². The number of hydrogen-bond acceptors (Lipinski definition) is 4. The maximum Gasteiger partial charge on any atom is 0.224 e. The topological polar surface area (TPSA) is 48.5 Å². The van der Waals surface area contributed by atoms with E-state index in [1.165, 1.54) is 5.56 Å². The summed E-state index contributed by atoms with van der Waals surface area (Å²) in [5.41, 5.74) is 5.36. The zero-order valence-electron chi connectivity index (χ0n) is 18.3. The third-order valence-electron chi connectivity index (χ3n) is 5.89. The normalized spacial score (nSPS) is 15.5. The molecule has 1 atom stereocenters. The number of pyridine rings is 1. The highest BCUT2D eigenvalue weighted by Gasteiger charge is 2.16. The first-order chi connectivity index (χ1) is 15.1. The number of hydrogen-bond donors (Lipinski definition) is 1. The van der Waals surface area contributed by atoms with Gasteiger partial charge in [0.15, 0.2) is 0 Å². The molecule has 1 unspecified atom stereocenters. The Balaban J connectivity index is 1.31. The zero-order chi connectivity index (χ0) is 21.6. The fourth-order valence-corrected chi connectivity index (χ4v) is 3.90. The summed E-state index contributed by atoms with van der Waals surface area (Å²) in [5.74, 6) is 0.00454. The SMILES string of the molecule is CC(NC(=O)Cc1ccc(-c2ccccc2)cc1)c1ccc(N2CCN(C)CC2)cn1. The molecule has 0 bridgehead atoms. The third kappa shape index (κ3) is 5.50. The fraction of sp³-hybridized carbons (Fsp3) is 0.308. The van der Waals surface area contributed by atoms with E-state index >= 15 is 0 Å². The van der Waals surface area contributed by atoms with E-state index in [0.29, 0.717) is 6.42 Å². The van der Waals surface area contributed by atoms with Gasteiger partial charge in [-0.25, -0.2) is 0 Å². The van der Waals surface area contributed by atoms with Crippen molar-refractivity contribution in [3.63, 3.8) is 0 Å². The molecule has 0 saturated carbocycles. The van der Waals surface area contributed by atoms with Gasteiger partial charge in [-0.15, -0.1) is 0 Å². The van der Waals surface area contributed by atoms with E-state index in [0.717, 1.165) is 48.7 Å². The Hall–Kier alpha value is -3.18. The molecular formula is C26H30N4O. The molecule has 1 amide bonds. The molecule has 3 aromatic rings. The van der Waals surface area contributed by atoms with E-state index in [1.54, 1.807) is 0 Å². The van der Waals surface area contributed by atoms with Crippen molar-refractivity contribution in [1.82, 2.24) is 15.2 Å². The van der Waals surface area contributed by atoms with Crippen LogP contribution in [0.2, 0.25) is 0 Å². The van der Waals surface area contributed by atoms with Crippen molar-refractivity contribution in [3.8, 4) is 11.1 Å². The number of nitrogens with zero attached hydrogens (tertiary/aromatic N) is 3. The minimum atomic E-state index is -0.127. The first kappa shape index (κ1) is 21.1. The van der Waals surface area contributed by atoms with Crippen LogP contribution in [0.3, 0.4) is 0 Å². The van der Waals surface area contributed by atoms with Crippen LogP contribution in [-0.4, -0.2) is 49.0 Å². The minimum Gasteiger partial charge on any atom is -0.368 e. The lowest BCUT2D eigenvalue weighted by atomic mass is 10.0. The molecule has 0 radical (unpaired) electrons. The smallest absolute Gasteiger partial charge is 0.224 e. The van der Waals surface area contributed by atoms with Crippen molar-refractivity contribution in [2.45, 2.75) is 19.4 Å². The lowest BCUT2D eigenvalue weighted by Crippen LogP contribution is -2.44. The summed E-state index contributed by atoms with van der Waals surface area (Å²) in [4.78, 5) is 21.9. The van der Waals surface area contributed by atoms with Crippen LogP contribution in [0.4, 0.5) is 5.69 Å². The number of carbonyl (C=O) groups is 1. The summed E-state index contributed by atoms with van der Waals surface area (Å²) in [5, 5.41) is 3.07. The van der Waals surface area contributed by atoms with Crippen molar-refractivity contribution < 1.29 is 4.79 Å². The number of benzene rings is 2. The number of aromatic nitrogens is 1. The van der Waals surface area contributed by atoms with Gasteiger partial charge >= 0.3 is 0 Å². The van der Waals surface area contributed by atoms with Crippen molar-refractivity contribution in [2.24, 2.45) is 0 Å². The molecule has 1 aromatic heterocycles. The molecular weight excluding hydrogens is 384 g/mol. The summed E-state index contributed by atoms with van der Waals surface area (Å²) in [7, 11) is 2.15. The van der Waals surface area contributed by atoms with Crippen LogP contribution in [0.25, 0.3) is 11.1 Å². The number of likely N-dealkylation sites (N-methyl/N-ethyl adjacent to an activating group) is 1. The van der Waals surface area contributed by atoms with E-state index < -0.39 is 0 Å². The van der Waals surface area contributed by atoms with Gasteiger partial charge in [-0.2, -0.15) is 0 Å². The van der Waals surface area contributed by atoms with E-state index in [4.69, 9.17) is 0 Å². The van der Waals surface area contributed by atoms with Crippen LogP contribution < -0.4 is 10.2 Å². The molecule has 31 heavy (non-hydrogen) atoms. The van der Waals surface area contributed by atoms with Crippen molar-refractivity contribution in [3.05, 3.63) is 84.2 Å². The molecule has 160 valence electrons. The van der Waals surface area contributed by atoms with Gasteiger partial charge in [-0.1, -0.05) is 54.6 Å². The third-order valence-corrected chi connectivity index (χ3v) is 5.89. The average Bonchev–Trinajstić information content (AvgIpc) is 2.81. The maximum absolute atomic E-state index is 12.5. The monoisotopic (exact) mass is 414 g/mol. The minimum absolute atomic E-state index is 0.00454. The van der Waals surface area contributed by atoms with Gasteiger partial charge in [-0.3, -0.25) is 9.78 Å². The predicted molar refractivity (Wildman–Crippen MR) is 126 cm³/mol. The largest absolute Gasteiger partial charge is 0.368 e. The Labute approximate surface area is 184 Å². The highest BCUT2D eigenvalue weighted by Crippen LogP contribution is 2.20. The Morgan fingerprint density at radius 2 is 1.61 bits per heavy atom.